The van der Waals surface area contributed by atoms with Crippen molar-refractivity contribution in [3.05, 3.63) is 12.2 Å². The van der Waals surface area contributed by atoms with Crippen LogP contribution in [0.5, 0.6) is 0 Å². The Morgan fingerprint density at radius 2 is 1.00 bits per heavy atom. The third-order valence-corrected chi connectivity index (χ3v) is 0.638. The first-order valence-electron chi connectivity index (χ1n) is 2.56. The molecule has 60 valence electrons. The quantitative estimate of drug-likeness (QED) is 0.492. The van der Waals surface area contributed by atoms with Crippen LogP contribution in [0.2, 0.25) is 0 Å². The molecule has 0 aromatic heterocycles. The van der Waals surface area contributed by atoms with Gasteiger partial charge in [-0.1, -0.05) is 48.3 Å². The van der Waals surface area contributed by atoms with Gasteiger partial charge in [-0.3, -0.25) is 0 Å². The molecule has 0 aromatic carbocycles. The maximum atomic E-state index is 2.18. The van der Waals surface area contributed by atoms with Crippen LogP contribution in [0, 0.1) is 0 Å². The maximum Gasteiger partial charge on any atom is -0.0379 e. The SMILES string of the molecule is C.C.C.CC/C=C\CC. The molecule has 0 spiro atoms. The van der Waals surface area contributed by atoms with Crippen LogP contribution in [0.1, 0.15) is 49.0 Å². The largest absolute Gasteiger partial charge is 0.0888 e. The molecule has 0 saturated heterocycles. The third kappa shape index (κ3) is 34.0. The molecular weight excluding hydrogens is 108 g/mol. The van der Waals surface area contributed by atoms with Gasteiger partial charge in [-0.05, 0) is 12.8 Å². The molecule has 0 aliphatic carbocycles. The van der Waals surface area contributed by atoms with Crippen LogP contribution >= 0.6 is 0 Å². The maximum absolute atomic E-state index is 2.18. The molecule has 0 rings (SSSR count). The lowest BCUT2D eigenvalue weighted by Crippen LogP contribution is -1.51. The Kier molecular flexibility index (Phi) is 65.1. The summed E-state index contributed by atoms with van der Waals surface area (Å²) in [6.45, 7) is 4.29. The van der Waals surface area contributed by atoms with E-state index < -0.39 is 0 Å². The zero-order valence-corrected chi connectivity index (χ0v) is 4.57. The monoisotopic (exact) mass is 132 g/mol. The topological polar surface area (TPSA) is 0 Å². The second-order valence-electron chi connectivity index (χ2n) is 1.29. The standard InChI is InChI=1S/C6H12.3CH4/c1-3-5-6-4-2;;;/h5-6H,3-4H2,1-2H3;3*1H4/b6-5-;;;. The van der Waals surface area contributed by atoms with Crippen molar-refractivity contribution in [2.24, 2.45) is 0 Å². The Hall–Kier alpha value is -0.260. The van der Waals surface area contributed by atoms with Crippen molar-refractivity contribution < 1.29 is 0 Å². The Balaban J connectivity index is -0.0000000417. The number of rotatable bonds is 2. The Labute approximate surface area is 62.0 Å². The summed E-state index contributed by atoms with van der Waals surface area (Å²) in [6, 6.07) is 0. The van der Waals surface area contributed by atoms with Gasteiger partial charge in [0.2, 0.25) is 0 Å². The summed E-state index contributed by atoms with van der Waals surface area (Å²) in [7, 11) is 0. The van der Waals surface area contributed by atoms with E-state index in [9.17, 15) is 0 Å². The molecule has 0 aliphatic rings. The van der Waals surface area contributed by atoms with Crippen molar-refractivity contribution in [2.75, 3.05) is 0 Å². The molecule has 0 N–H and O–H groups in total. The highest BCUT2D eigenvalue weighted by Gasteiger charge is 1.60. The van der Waals surface area contributed by atoms with Crippen LogP contribution in [0.25, 0.3) is 0 Å². The minimum atomic E-state index is 0. The highest BCUT2D eigenvalue weighted by Crippen LogP contribution is 1.81. The van der Waals surface area contributed by atoms with Crippen molar-refractivity contribution in [2.45, 2.75) is 49.0 Å². The van der Waals surface area contributed by atoms with Gasteiger partial charge in [-0.25, -0.2) is 0 Å². The molecule has 0 nitrogen and oxygen atoms in total. The van der Waals surface area contributed by atoms with Crippen molar-refractivity contribution in [1.82, 2.24) is 0 Å². The molecule has 0 bridgehead atoms. The summed E-state index contributed by atoms with van der Waals surface area (Å²) >= 11 is 0. The first-order valence-corrected chi connectivity index (χ1v) is 2.56. The molecular formula is C9H24. The Morgan fingerprint density at radius 1 is 0.778 bits per heavy atom. The first kappa shape index (κ1) is 23.3. The molecule has 0 aromatic rings. The Bertz CT molecular complexity index is 29.3. The average Bonchev–Trinajstić information content (AvgIpc) is 1.61. The van der Waals surface area contributed by atoms with E-state index in [1.54, 1.807) is 0 Å². The lowest BCUT2D eigenvalue weighted by molar-refractivity contribution is 1.16. The smallest absolute Gasteiger partial charge is 0.0379 e. The number of hydrogen-bond donors (Lipinski definition) is 0. The molecule has 0 atom stereocenters. The molecule has 9 heavy (non-hydrogen) atoms. The number of allylic oxidation sites excluding steroid dienone is 2. The van der Waals surface area contributed by atoms with E-state index in [0.717, 1.165) is 0 Å². The minimum absolute atomic E-state index is 0. The normalized spacial score (nSPS) is 6.89. The second-order valence-corrected chi connectivity index (χ2v) is 1.29. The molecule has 0 radical (unpaired) electrons. The van der Waals surface area contributed by atoms with Gasteiger partial charge in [0.1, 0.15) is 0 Å². The van der Waals surface area contributed by atoms with Crippen LogP contribution < -0.4 is 0 Å². The first-order chi connectivity index (χ1) is 2.91. The van der Waals surface area contributed by atoms with Gasteiger partial charge in [-0.2, -0.15) is 0 Å². The summed E-state index contributed by atoms with van der Waals surface area (Å²) in [4.78, 5) is 0. The van der Waals surface area contributed by atoms with Gasteiger partial charge in [0.25, 0.3) is 0 Å². The highest BCUT2D eigenvalue weighted by molar-refractivity contribution is 4.77. The fourth-order valence-electron chi connectivity index (χ4n) is 0.333. The number of hydrogen-bond acceptors (Lipinski definition) is 0. The summed E-state index contributed by atoms with van der Waals surface area (Å²) in [6.07, 6.45) is 6.71. The predicted octanol–water partition coefficient (Wildman–Crippen LogP) is 4.27. The molecule has 0 amide bonds. The summed E-state index contributed by atoms with van der Waals surface area (Å²) in [5, 5.41) is 0. The lowest BCUT2D eigenvalue weighted by Gasteiger charge is -1.72. The zero-order valence-electron chi connectivity index (χ0n) is 4.57. The summed E-state index contributed by atoms with van der Waals surface area (Å²) in [5.41, 5.74) is 0. The predicted molar refractivity (Wildman–Crippen MR) is 49.9 cm³/mol. The van der Waals surface area contributed by atoms with E-state index in [1.165, 1.54) is 12.8 Å². The van der Waals surface area contributed by atoms with Crippen LogP contribution in [0.15, 0.2) is 12.2 Å². The lowest BCUT2D eigenvalue weighted by atomic mass is 10.4. The van der Waals surface area contributed by atoms with Gasteiger partial charge < -0.3 is 0 Å². The van der Waals surface area contributed by atoms with Gasteiger partial charge in [-0.15, -0.1) is 0 Å². The van der Waals surface area contributed by atoms with E-state index in [1.807, 2.05) is 0 Å². The molecule has 0 aliphatic heterocycles. The van der Waals surface area contributed by atoms with Gasteiger partial charge >= 0.3 is 0 Å². The van der Waals surface area contributed by atoms with E-state index in [2.05, 4.69) is 26.0 Å². The Morgan fingerprint density at radius 3 is 1.11 bits per heavy atom. The minimum Gasteiger partial charge on any atom is -0.0888 e. The average molecular weight is 132 g/mol. The van der Waals surface area contributed by atoms with Gasteiger partial charge in [0.15, 0.2) is 0 Å². The molecule has 0 heterocycles. The molecule has 0 saturated carbocycles. The van der Waals surface area contributed by atoms with E-state index >= 15 is 0 Å². The van der Waals surface area contributed by atoms with Crippen LogP contribution in [-0.4, -0.2) is 0 Å². The highest BCUT2D eigenvalue weighted by atomic mass is 13.7. The summed E-state index contributed by atoms with van der Waals surface area (Å²) in [5.74, 6) is 0. The van der Waals surface area contributed by atoms with Crippen LogP contribution in [-0.2, 0) is 0 Å². The van der Waals surface area contributed by atoms with Crippen molar-refractivity contribution >= 4 is 0 Å². The third-order valence-electron chi connectivity index (χ3n) is 0.638. The van der Waals surface area contributed by atoms with E-state index in [-0.39, 0.29) is 22.3 Å². The molecule has 0 unspecified atom stereocenters. The van der Waals surface area contributed by atoms with Crippen LogP contribution in [0.4, 0.5) is 0 Å². The van der Waals surface area contributed by atoms with E-state index in [0.29, 0.717) is 0 Å². The van der Waals surface area contributed by atoms with Gasteiger partial charge in [0, 0.05) is 0 Å². The molecule has 0 fully saturated rings. The van der Waals surface area contributed by atoms with E-state index in [4.69, 9.17) is 0 Å². The second kappa shape index (κ2) is 25.1. The fourth-order valence-corrected chi connectivity index (χ4v) is 0.333. The van der Waals surface area contributed by atoms with Gasteiger partial charge in [0.05, 0.1) is 0 Å². The summed E-state index contributed by atoms with van der Waals surface area (Å²) < 4.78 is 0. The van der Waals surface area contributed by atoms with Crippen LogP contribution in [0.3, 0.4) is 0 Å². The van der Waals surface area contributed by atoms with Crippen molar-refractivity contribution in [3.63, 3.8) is 0 Å². The molecule has 0 heteroatoms. The zero-order chi connectivity index (χ0) is 4.83. The van der Waals surface area contributed by atoms with Crippen molar-refractivity contribution in [1.29, 1.82) is 0 Å². The fraction of sp³-hybridized carbons (Fsp3) is 0.778. The van der Waals surface area contributed by atoms with Crippen molar-refractivity contribution in [3.8, 4) is 0 Å².